The van der Waals surface area contributed by atoms with E-state index in [0.29, 0.717) is 22.7 Å². The summed E-state index contributed by atoms with van der Waals surface area (Å²) in [6.07, 6.45) is 0.572. The molecule has 6 nitrogen and oxygen atoms in total. The Morgan fingerprint density at radius 3 is 2.95 bits per heavy atom. The van der Waals surface area contributed by atoms with Crippen LogP contribution in [0.25, 0.3) is 11.2 Å². The highest BCUT2D eigenvalue weighted by molar-refractivity contribution is 7.91. The van der Waals surface area contributed by atoms with Crippen LogP contribution in [0.3, 0.4) is 0 Å². The van der Waals surface area contributed by atoms with Crippen LogP contribution in [-0.2, 0) is 9.84 Å². The number of nitrogens with one attached hydrogen (secondary N) is 1. The topological polar surface area (TPSA) is 77.0 Å². The smallest absolute Gasteiger partial charge is 0.215 e. The van der Waals surface area contributed by atoms with Crippen LogP contribution in [0.2, 0.25) is 0 Å². The van der Waals surface area contributed by atoms with E-state index in [1.807, 2.05) is 6.07 Å². The van der Waals surface area contributed by atoms with Crippen molar-refractivity contribution >= 4 is 33.2 Å². The number of hydrogen-bond donors (Lipinski definition) is 1. The zero-order valence-corrected chi connectivity index (χ0v) is 11.9. The molecule has 0 aliphatic carbocycles. The Morgan fingerprint density at radius 2 is 2.32 bits per heavy atom. The first-order valence-corrected chi connectivity index (χ1v) is 8.09. The van der Waals surface area contributed by atoms with E-state index in [4.69, 9.17) is 17.0 Å². The molecule has 3 rings (SSSR count). The largest absolute Gasteiger partial charge is 0.481 e. The molecule has 102 valence electrons. The monoisotopic (exact) mass is 299 g/mol. The first-order valence-electron chi connectivity index (χ1n) is 5.86. The lowest BCUT2D eigenvalue weighted by Crippen LogP contribution is -2.11. The van der Waals surface area contributed by atoms with Gasteiger partial charge in [0.25, 0.3) is 0 Å². The number of imidazole rings is 1. The summed E-state index contributed by atoms with van der Waals surface area (Å²) in [5, 5.41) is 0. The van der Waals surface area contributed by atoms with Gasteiger partial charge < -0.3 is 9.72 Å². The van der Waals surface area contributed by atoms with E-state index in [2.05, 4.69) is 9.97 Å². The van der Waals surface area contributed by atoms with Crippen molar-refractivity contribution in [1.82, 2.24) is 14.5 Å². The van der Waals surface area contributed by atoms with Gasteiger partial charge in [-0.3, -0.25) is 4.57 Å². The van der Waals surface area contributed by atoms with Crippen molar-refractivity contribution in [2.45, 2.75) is 12.5 Å². The van der Waals surface area contributed by atoms with Crippen LogP contribution < -0.4 is 4.74 Å². The predicted octanol–water partition coefficient (Wildman–Crippen LogP) is 1.46. The number of aromatic nitrogens is 3. The van der Waals surface area contributed by atoms with Gasteiger partial charge in [-0.1, -0.05) is 0 Å². The summed E-state index contributed by atoms with van der Waals surface area (Å²) in [4.78, 5) is 7.40. The number of fused-ring (bicyclic) bond motifs is 1. The summed E-state index contributed by atoms with van der Waals surface area (Å²) >= 11 is 5.28. The highest BCUT2D eigenvalue weighted by atomic mass is 32.2. The van der Waals surface area contributed by atoms with E-state index in [1.54, 1.807) is 17.7 Å². The van der Waals surface area contributed by atoms with Crippen molar-refractivity contribution in [3.05, 3.63) is 16.9 Å². The molecule has 1 aliphatic heterocycles. The van der Waals surface area contributed by atoms with E-state index in [9.17, 15) is 8.42 Å². The molecule has 1 aliphatic rings. The number of sulfone groups is 1. The summed E-state index contributed by atoms with van der Waals surface area (Å²) < 4.78 is 30.6. The van der Waals surface area contributed by atoms with Crippen molar-refractivity contribution in [2.75, 3.05) is 18.6 Å². The molecule has 0 spiro atoms. The molecule has 1 unspecified atom stereocenters. The minimum absolute atomic E-state index is 0.118. The normalized spacial score (nSPS) is 21.8. The van der Waals surface area contributed by atoms with Gasteiger partial charge in [-0.2, -0.15) is 4.98 Å². The Bertz CT molecular complexity index is 791. The molecule has 8 heteroatoms. The number of H-pyrrole nitrogens is 1. The van der Waals surface area contributed by atoms with Crippen LogP contribution in [0.4, 0.5) is 0 Å². The van der Waals surface area contributed by atoms with E-state index in [1.165, 1.54) is 0 Å². The number of pyridine rings is 1. The third-order valence-corrected chi connectivity index (χ3v) is 5.37. The molecule has 0 amide bonds. The fourth-order valence-corrected chi connectivity index (χ4v) is 4.46. The molecule has 1 fully saturated rings. The molecular weight excluding hydrogens is 286 g/mol. The number of methoxy groups -OCH3 is 1. The predicted molar refractivity (Wildman–Crippen MR) is 73.8 cm³/mol. The van der Waals surface area contributed by atoms with Crippen molar-refractivity contribution in [2.24, 2.45) is 0 Å². The van der Waals surface area contributed by atoms with Crippen molar-refractivity contribution in [3.8, 4) is 5.88 Å². The third kappa shape index (κ3) is 2.14. The van der Waals surface area contributed by atoms with Gasteiger partial charge in [0.15, 0.2) is 20.3 Å². The average Bonchev–Trinajstić information content (AvgIpc) is 2.87. The molecule has 1 saturated heterocycles. The fourth-order valence-electron chi connectivity index (χ4n) is 2.42. The highest BCUT2D eigenvalue weighted by Crippen LogP contribution is 2.28. The zero-order chi connectivity index (χ0) is 13.6. The van der Waals surface area contributed by atoms with Crippen molar-refractivity contribution in [3.63, 3.8) is 0 Å². The van der Waals surface area contributed by atoms with Crippen LogP contribution in [0.1, 0.15) is 12.5 Å². The van der Waals surface area contributed by atoms with Crippen molar-refractivity contribution < 1.29 is 13.2 Å². The van der Waals surface area contributed by atoms with Crippen LogP contribution in [0.5, 0.6) is 5.88 Å². The molecule has 1 N–H and O–H groups in total. The fraction of sp³-hybridized carbons (Fsp3) is 0.455. The van der Waals surface area contributed by atoms with Gasteiger partial charge in [-0.15, -0.1) is 0 Å². The first-order chi connectivity index (χ1) is 9.00. The zero-order valence-electron chi connectivity index (χ0n) is 10.3. The Kier molecular flexibility index (Phi) is 2.86. The van der Waals surface area contributed by atoms with Crippen LogP contribution >= 0.6 is 12.2 Å². The molecular formula is C11H13N3O3S2. The molecule has 1 atom stereocenters. The maximum absolute atomic E-state index is 11.6. The SMILES string of the molecule is COc1ccc2[nH]c(=S)n(C3CCS(=O)(=O)C3)c2n1. The van der Waals surface area contributed by atoms with Gasteiger partial charge in [-0.05, 0) is 24.7 Å². The standard InChI is InChI=1S/C11H13N3O3S2/c1-17-9-3-2-8-10(13-9)14(11(18)12-8)7-4-5-19(15,16)6-7/h2-3,7H,4-6H2,1H3,(H,12,18). The second-order valence-electron chi connectivity index (χ2n) is 4.58. The number of aromatic amines is 1. The van der Waals surface area contributed by atoms with E-state index in [-0.39, 0.29) is 17.5 Å². The van der Waals surface area contributed by atoms with E-state index in [0.717, 1.165) is 5.52 Å². The Morgan fingerprint density at radius 1 is 1.53 bits per heavy atom. The Hall–Kier alpha value is -1.41. The molecule has 2 aromatic rings. The summed E-state index contributed by atoms with van der Waals surface area (Å²) in [5.74, 6) is 0.805. The molecule has 3 heterocycles. The lowest BCUT2D eigenvalue weighted by molar-refractivity contribution is 0.398. The minimum Gasteiger partial charge on any atom is -0.481 e. The van der Waals surface area contributed by atoms with Crippen LogP contribution in [0.15, 0.2) is 12.1 Å². The number of nitrogens with zero attached hydrogens (tertiary/aromatic N) is 2. The summed E-state index contributed by atoms with van der Waals surface area (Å²) in [6, 6.07) is 3.42. The molecule has 0 saturated carbocycles. The second kappa shape index (κ2) is 4.31. The molecule has 19 heavy (non-hydrogen) atoms. The van der Waals surface area contributed by atoms with Crippen LogP contribution in [-0.4, -0.2) is 41.6 Å². The van der Waals surface area contributed by atoms with Crippen LogP contribution in [0, 0.1) is 4.77 Å². The first kappa shape index (κ1) is 12.6. The number of hydrogen-bond acceptors (Lipinski definition) is 5. The van der Waals surface area contributed by atoms with Gasteiger partial charge in [0.2, 0.25) is 5.88 Å². The lowest BCUT2D eigenvalue weighted by Gasteiger charge is -2.10. The van der Waals surface area contributed by atoms with Gasteiger partial charge >= 0.3 is 0 Å². The molecule has 2 aromatic heterocycles. The summed E-state index contributed by atoms with van der Waals surface area (Å²) in [7, 11) is -1.42. The Labute approximate surface area is 115 Å². The summed E-state index contributed by atoms with van der Waals surface area (Å²) in [6.45, 7) is 0. The number of rotatable bonds is 2. The lowest BCUT2D eigenvalue weighted by atomic mass is 10.2. The molecule has 0 bridgehead atoms. The summed E-state index contributed by atoms with van der Waals surface area (Å²) in [5.41, 5.74) is 1.43. The number of ether oxygens (including phenoxy) is 1. The maximum atomic E-state index is 11.6. The van der Waals surface area contributed by atoms with Gasteiger partial charge in [-0.25, -0.2) is 8.42 Å². The highest BCUT2D eigenvalue weighted by Gasteiger charge is 2.30. The Balaban J connectivity index is 2.17. The van der Waals surface area contributed by atoms with Crippen molar-refractivity contribution in [1.29, 1.82) is 0 Å². The maximum Gasteiger partial charge on any atom is 0.215 e. The van der Waals surface area contributed by atoms with E-state index < -0.39 is 9.84 Å². The van der Waals surface area contributed by atoms with Gasteiger partial charge in [0.05, 0.1) is 30.2 Å². The quantitative estimate of drug-likeness (QED) is 0.850. The second-order valence-corrected chi connectivity index (χ2v) is 7.20. The van der Waals surface area contributed by atoms with Gasteiger partial charge in [0.1, 0.15) is 0 Å². The van der Waals surface area contributed by atoms with Gasteiger partial charge in [0, 0.05) is 6.07 Å². The minimum atomic E-state index is -2.96. The molecule has 0 radical (unpaired) electrons. The van der Waals surface area contributed by atoms with E-state index >= 15 is 0 Å². The average molecular weight is 299 g/mol. The third-order valence-electron chi connectivity index (χ3n) is 3.32. The molecule has 0 aromatic carbocycles.